The average molecular weight is 249 g/mol. The maximum Gasteiger partial charge on any atom is 0.188 e. The molecule has 0 saturated heterocycles. The van der Waals surface area contributed by atoms with Gasteiger partial charge in [0.05, 0.1) is 5.75 Å². The van der Waals surface area contributed by atoms with E-state index in [1.807, 2.05) is 0 Å². The van der Waals surface area contributed by atoms with Crippen molar-refractivity contribution in [2.75, 3.05) is 24.6 Å². The van der Waals surface area contributed by atoms with Crippen LogP contribution in [0.5, 0.6) is 0 Å². The van der Waals surface area contributed by atoms with Crippen molar-refractivity contribution in [2.45, 2.75) is 27.2 Å². The number of nitrogens with one attached hydrogen (secondary N) is 1. The van der Waals surface area contributed by atoms with E-state index in [0.29, 0.717) is 25.0 Å². The minimum atomic E-state index is -2.92. The van der Waals surface area contributed by atoms with Crippen LogP contribution in [0.3, 0.4) is 0 Å². The van der Waals surface area contributed by atoms with Crippen molar-refractivity contribution < 1.29 is 8.42 Å². The second-order valence-electron chi connectivity index (χ2n) is 4.11. The smallest absolute Gasteiger partial charge is 0.188 e. The summed E-state index contributed by atoms with van der Waals surface area (Å²) in [6.45, 7) is 6.87. The van der Waals surface area contributed by atoms with Crippen molar-refractivity contribution >= 4 is 15.8 Å². The largest absolute Gasteiger partial charge is 0.370 e. The maximum absolute atomic E-state index is 11.2. The van der Waals surface area contributed by atoms with Gasteiger partial charge in [-0.05, 0) is 12.3 Å². The van der Waals surface area contributed by atoms with Crippen molar-refractivity contribution in [3.05, 3.63) is 0 Å². The van der Waals surface area contributed by atoms with Crippen LogP contribution in [-0.2, 0) is 9.84 Å². The molecule has 0 aromatic carbocycles. The van der Waals surface area contributed by atoms with Crippen LogP contribution < -0.4 is 11.1 Å². The fourth-order valence-electron chi connectivity index (χ4n) is 0.978. The molecule has 0 spiro atoms. The van der Waals surface area contributed by atoms with Crippen LogP contribution in [0.15, 0.2) is 4.99 Å². The van der Waals surface area contributed by atoms with Crippen LogP contribution in [0.25, 0.3) is 0 Å². The number of aliphatic imine (C=N–C) groups is 1. The lowest BCUT2D eigenvalue weighted by Crippen LogP contribution is -2.35. The molecule has 5 nitrogen and oxygen atoms in total. The van der Waals surface area contributed by atoms with Crippen LogP contribution >= 0.6 is 0 Å². The average Bonchev–Trinajstić information content (AvgIpc) is 2.17. The molecule has 0 aliphatic heterocycles. The van der Waals surface area contributed by atoms with Crippen LogP contribution in [0.2, 0.25) is 0 Å². The Labute approximate surface area is 98.4 Å². The monoisotopic (exact) mass is 249 g/mol. The third-order valence-corrected chi connectivity index (χ3v) is 3.85. The summed E-state index contributed by atoms with van der Waals surface area (Å²) in [7, 11) is -2.92. The number of rotatable bonds is 7. The number of sulfone groups is 1. The number of guanidine groups is 1. The van der Waals surface area contributed by atoms with E-state index in [0.717, 1.165) is 6.42 Å². The Balaban J connectivity index is 3.77. The molecular weight excluding hydrogens is 226 g/mol. The van der Waals surface area contributed by atoms with E-state index in [9.17, 15) is 8.42 Å². The van der Waals surface area contributed by atoms with Crippen LogP contribution in [0, 0.1) is 5.92 Å². The van der Waals surface area contributed by atoms with E-state index in [4.69, 9.17) is 5.73 Å². The third kappa shape index (κ3) is 8.52. The molecule has 0 bridgehead atoms. The van der Waals surface area contributed by atoms with Gasteiger partial charge in [0.2, 0.25) is 0 Å². The fraction of sp³-hybridized carbons (Fsp3) is 0.900. The van der Waals surface area contributed by atoms with Crippen molar-refractivity contribution in [3.8, 4) is 0 Å². The molecule has 0 heterocycles. The summed E-state index contributed by atoms with van der Waals surface area (Å²) in [6, 6.07) is 0. The van der Waals surface area contributed by atoms with Gasteiger partial charge in [0, 0.05) is 18.8 Å². The Bertz CT molecular complexity index is 310. The minimum Gasteiger partial charge on any atom is -0.370 e. The molecule has 0 rings (SSSR count). The lowest BCUT2D eigenvalue weighted by atomic mass is 10.1. The second kappa shape index (κ2) is 7.49. The summed E-state index contributed by atoms with van der Waals surface area (Å²) in [5.74, 6) is 1.19. The molecule has 0 aromatic rings. The van der Waals surface area contributed by atoms with E-state index in [1.54, 1.807) is 6.92 Å². The highest BCUT2D eigenvalue weighted by molar-refractivity contribution is 7.91. The van der Waals surface area contributed by atoms with E-state index >= 15 is 0 Å². The molecular formula is C10H23N3O2S. The van der Waals surface area contributed by atoms with Crippen molar-refractivity contribution in [1.82, 2.24) is 5.32 Å². The Kier molecular flexibility index (Phi) is 7.12. The zero-order valence-corrected chi connectivity index (χ0v) is 11.2. The highest BCUT2D eigenvalue weighted by Crippen LogP contribution is 1.97. The zero-order valence-electron chi connectivity index (χ0n) is 10.4. The molecule has 0 amide bonds. The second-order valence-corrected chi connectivity index (χ2v) is 6.59. The Hall–Kier alpha value is -0.780. The van der Waals surface area contributed by atoms with E-state index < -0.39 is 9.84 Å². The normalized spacial score (nSPS) is 13.1. The highest BCUT2D eigenvalue weighted by atomic mass is 32.2. The quantitative estimate of drug-likeness (QED) is 0.504. The number of hydrogen-bond donors (Lipinski definition) is 2. The van der Waals surface area contributed by atoms with Gasteiger partial charge in [-0.2, -0.15) is 0 Å². The molecule has 0 saturated carbocycles. The molecule has 0 unspecified atom stereocenters. The minimum absolute atomic E-state index is 0.101. The summed E-state index contributed by atoms with van der Waals surface area (Å²) < 4.78 is 22.3. The van der Waals surface area contributed by atoms with E-state index in [2.05, 4.69) is 24.2 Å². The number of nitrogens with zero attached hydrogens (tertiary/aromatic N) is 1. The van der Waals surface area contributed by atoms with E-state index in [1.165, 1.54) is 0 Å². The summed E-state index contributed by atoms with van der Waals surface area (Å²) in [5.41, 5.74) is 5.57. The van der Waals surface area contributed by atoms with Gasteiger partial charge in [-0.25, -0.2) is 8.42 Å². The lowest BCUT2D eigenvalue weighted by molar-refractivity contribution is 0.594. The summed E-state index contributed by atoms with van der Waals surface area (Å²) >= 11 is 0. The number of nitrogens with two attached hydrogens (primary N) is 1. The fourth-order valence-corrected chi connectivity index (χ4v) is 1.68. The third-order valence-electron chi connectivity index (χ3n) is 2.15. The van der Waals surface area contributed by atoms with Crippen LogP contribution in [0.4, 0.5) is 0 Å². The Morgan fingerprint density at radius 1 is 1.44 bits per heavy atom. The van der Waals surface area contributed by atoms with Gasteiger partial charge in [0.15, 0.2) is 15.8 Å². The first kappa shape index (κ1) is 15.2. The van der Waals surface area contributed by atoms with Gasteiger partial charge >= 0.3 is 0 Å². The predicted octanol–water partition coefficient (Wildman–Crippen LogP) is 0.372. The maximum atomic E-state index is 11.2. The Morgan fingerprint density at radius 3 is 2.56 bits per heavy atom. The van der Waals surface area contributed by atoms with Gasteiger partial charge in [0.25, 0.3) is 0 Å². The predicted molar refractivity (Wildman–Crippen MR) is 68.3 cm³/mol. The van der Waals surface area contributed by atoms with Crippen molar-refractivity contribution in [3.63, 3.8) is 0 Å². The topological polar surface area (TPSA) is 84.5 Å². The van der Waals surface area contributed by atoms with Crippen LogP contribution in [0.1, 0.15) is 27.2 Å². The summed E-state index contributed by atoms with van der Waals surface area (Å²) in [4.78, 5) is 4.10. The van der Waals surface area contributed by atoms with Crippen molar-refractivity contribution in [1.29, 1.82) is 0 Å². The van der Waals surface area contributed by atoms with Gasteiger partial charge < -0.3 is 11.1 Å². The molecule has 0 radical (unpaired) electrons. The molecule has 0 aromatic heterocycles. The summed E-state index contributed by atoms with van der Waals surface area (Å²) in [6.07, 6.45) is 0.982. The van der Waals surface area contributed by atoms with E-state index in [-0.39, 0.29) is 11.5 Å². The van der Waals surface area contributed by atoms with Gasteiger partial charge in [-0.1, -0.05) is 20.8 Å². The first-order valence-corrected chi connectivity index (χ1v) is 7.43. The molecule has 0 atom stereocenters. The first-order valence-electron chi connectivity index (χ1n) is 5.61. The first-order chi connectivity index (χ1) is 7.37. The standard InChI is InChI=1S/C10H23N3O2S/c1-4-16(14,15)8-7-13-10(11)12-6-5-9(2)3/h9H,4-8H2,1-3H3,(H3,11,12,13). The molecule has 96 valence electrons. The van der Waals surface area contributed by atoms with Gasteiger partial charge in [0.1, 0.15) is 0 Å². The van der Waals surface area contributed by atoms with Gasteiger partial charge in [-0.15, -0.1) is 0 Å². The van der Waals surface area contributed by atoms with Crippen LogP contribution in [-0.4, -0.2) is 39.0 Å². The summed E-state index contributed by atoms with van der Waals surface area (Å²) in [5, 5.41) is 2.80. The SMILES string of the molecule is CCS(=O)(=O)CCNC(N)=NCCC(C)C. The lowest BCUT2D eigenvalue weighted by Gasteiger charge is -2.06. The van der Waals surface area contributed by atoms with Crippen molar-refractivity contribution in [2.24, 2.45) is 16.6 Å². The molecule has 0 fully saturated rings. The molecule has 0 aliphatic carbocycles. The molecule has 3 N–H and O–H groups in total. The zero-order chi connectivity index (χ0) is 12.6. The molecule has 0 aliphatic rings. The Morgan fingerprint density at radius 2 is 2.06 bits per heavy atom. The molecule has 16 heavy (non-hydrogen) atoms. The van der Waals surface area contributed by atoms with Gasteiger partial charge in [-0.3, -0.25) is 4.99 Å². The highest BCUT2D eigenvalue weighted by Gasteiger charge is 2.06. The number of hydrogen-bond acceptors (Lipinski definition) is 3. The molecule has 6 heteroatoms.